The average molecular weight is 249 g/mol. The Morgan fingerprint density at radius 3 is 2.61 bits per heavy atom. The standard InChI is InChI=1S/C14H16FNO2/c1-9(2)10(3)11-5-12(13(17-4)16-6-11)14(15)7-18-8-14/h5-6H,1,3,7-8H2,2,4H3. The first kappa shape index (κ1) is 12.8. The molecule has 0 saturated carbocycles. The first-order valence-electron chi connectivity index (χ1n) is 5.64. The first-order chi connectivity index (χ1) is 8.48. The number of nitrogens with zero attached hydrogens (tertiary/aromatic N) is 1. The van der Waals surface area contributed by atoms with Gasteiger partial charge in [-0.25, -0.2) is 9.37 Å². The van der Waals surface area contributed by atoms with E-state index < -0.39 is 5.67 Å². The minimum absolute atomic E-state index is 0.0358. The molecule has 18 heavy (non-hydrogen) atoms. The summed E-state index contributed by atoms with van der Waals surface area (Å²) in [6.45, 7) is 9.66. The first-order valence-corrected chi connectivity index (χ1v) is 5.64. The molecule has 0 radical (unpaired) electrons. The van der Waals surface area contributed by atoms with Gasteiger partial charge in [-0.3, -0.25) is 0 Å². The third kappa shape index (κ3) is 2.04. The minimum Gasteiger partial charge on any atom is -0.481 e. The quantitative estimate of drug-likeness (QED) is 0.769. The maximum atomic E-state index is 14.4. The zero-order valence-electron chi connectivity index (χ0n) is 10.6. The zero-order valence-corrected chi connectivity index (χ0v) is 10.6. The van der Waals surface area contributed by atoms with Crippen molar-refractivity contribution in [2.45, 2.75) is 12.6 Å². The third-order valence-corrected chi connectivity index (χ3v) is 3.05. The number of alkyl halides is 1. The van der Waals surface area contributed by atoms with Gasteiger partial charge in [-0.05, 0) is 18.6 Å². The Hall–Kier alpha value is -1.68. The van der Waals surface area contributed by atoms with Crippen LogP contribution >= 0.6 is 0 Å². The van der Waals surface area contributed by atoms with E-state index in [1.807, 2.05) is 6.92 Å². The van der Waals surface area contributed by atoms with E-state index in [0.717, 1.165) is 16.7 Å². The molecule has 0 spiro atoms. The van der Waals surface area contributed by atoms with Crippen molar-refractivity contribution in [3.63, 3.8) is 0 Å². The van der Waals surface area contributed by atoms with Gasteiger partial charge in [0.2, 0.25) is 5.88 Å². The minimum atomic E-state index is -1.51. The molecule has 0 aromatic carbocycles. The van der Waals surface area contributed by atoms with Crippen molar-refractivity contribution in [1.29, 1.82) is 0 Å². The van der Waals surface area contributed by atoms with Crippen LogP contribution in [0.3, 0.4) is 0 Å². The number of hydrogen-bond donors (Lipinski definition) is 0. The van der Waals surface area contributed by atoms with Crippen molar-refractivity contribution < 1.29 is 13.9 Å². The maximum absolute atomic E-state index is 14.4. The van der Waals surface area contributed by atoms with Crippen molar-refractivity contribution in [3.05, 3.63) is 42.1 Å². The summed E-state index contributed by atoms with van der Waals surface area (Å²) < 4.78 is 24.5. The molecule has 4 heteroatoms. The molecular formula is C14H16FNO2. The fourth-order valence-corrected chi connectivity index (χ4v) is 1.78. The van der Waals surface area contributed by atoms with Gasteiger partial charge in [0.25, 0.3) is 0 Å². The van der Waals surface area contributed by atoms with E-state index in [1.165, 1.54) is 7.11 Å². The molecular weight excluding hydrogens is 233 g/mol. The molecule has 2 heterocycles. The maximum Gasteiger partial charge on any atom is 0.219 e. The van der Waals surface area contributed by atoms with E-state index in [-0.39, 0.29) is 13.2 Å². The molecule has 0 amide bonds. The van der Waals surface area contributed by atoms with Crippen molar-refractivity contribution in [3.8, 4) is 5.88 Å². The molecule has 0 N–H and O–H groups in total. The van der Waals surface area contributed by atoms with E-state index in [2.05, 4.69) is 18.1 Å². The second-order valence-electron chi connectivity index (χ2n) is 4.50. The van der Waals surface area contributed by atoms with Crippen molar-refractivity contribution in [2.24, 2.45) is 0 Å². The van der Waals surface area contributed by atoms with Gasteiger partial charge in [0.05, 0.1) is 25.9 Å². The Kier molecular flexibility index (Phi) is 3.22. The summed E-state index contributed by atoms with van der Waals surface area (Å²) in [5, 5.41) is 0. The molecule has 0 aliphatic carbocycles. The average Bonchev–Trinajstić information content (AvgIpc) is 2.34. The number of aromatic nitrogens is 1. The highest BCUT2D eigenvalue weighted by Crippen LogP contribution is 2.39. The molecule has 1 aromatic rings. The van der Waals surface area contributed by atoms with E-state index in [0.29, 0.717) is 11.4 Å². The monoisotopic (exact) mass is 249 g/mol. The van der Waals surface area contributed by atoms with Crippen LogP contribution in [0.2, 0.25) is 0 Å². The number of pyridine rings is 1. The molecule has 1 aromatic heterocycles. The summed E-state index contributed by atoms with van der Waals surface area (Å²) in [5.74, 6) is 0.291. The molecule has 0 atom stereocenters. The van der Waals surface area contributed by atoms with E-state index in [4.69, 9.17) is 9.47 Å². The van der Waals surface area contributed by atoms with Gasteiger partial charge in [0.1, 0.15) is 0 Å². The fraction of sp³-hybridized carbons (Fsp3) is 0.357. The van der Waals surface area contributed by atoms with Crippen molar-refractivity contribution in [1.82, 2.24) is 4.98 Å². The van der Waals surface area contributed by atoms with Crippen molar-refractivity contribution >= 4 is 5.57 Å². The summed E-state index contributed by atoms with van der Waals surface area (Å²) >= 11 is 0. The van der Waals surface area contributed by atoms with Gasteiger partial charge < -0.3 is 9.47 Å². The predicted molar refractivity (Wildman–Crippen MR) is 68.2 cm³/mol. The van der Waals surface area contributed by atoms with Gasteiger partial charge in [-0.1, -0.05) is 18.7 Å². The highest BCUT2D eigenvalue weighted by molar-refractivity contribution is 5.76. The SMILES string of the molecule is C=C(C)C(=C)c1cnc(OC)c(C2(F)COC2)c1. The van der Waals surface area contributed by atoms with Crippen LogP contribution in [0.4, 0.5) is 4.39 Å². The molecule has 0 bridgehead atoms. The summed E-state index contributed by atoms with van der Waals surface area (Å²) in [7, 11) is 1.47. The smallest absolute Gasteiger partial charge is 0.219 e. The lowest BCUT2D eigenvalue weighted by Crippen LogP contribution is -2.43. The van der Waals surface area contributed by atoms with Crippen molar-refractivity contribution in [2.75, 3.05) is 20.3 Å². The molecule has 1 saturated heterocycles. The number of rotatable bonds is 4. The second-order valence-corrected chi connectivity index (χ2v) is 4.50. The Bertz CT molecular complexity index is 507. The number of halogens is 1. The summed E-state index contributed by atoms with van der Waals surface area (Å²) in [5.41, 5.74) is 1.23. The lowest BCUT2D eigenvalue weighted by atomic mass is 9.92. The number of hydrogen-bond acceptors (Lipinski definition) is 3. The van der Waals surface area contributed by atoms with Crippen LogP contribution in [0.15, 0.2) is 31.0 Å². The number of methoxy groups -OCH3 is 1. The highest BCUT2D eigenvalue weighted by Gasteiger charge is 2.43. The molecule has 0 unspecified atom stereocenters. The Morgan fingerprint density at radius 2 is 2.17 bits per heavy atom. The van der Waals surface area contributed by atoms with Gasteiger partial charge >= 0.3 is 0 Å². The van der Waals surface area contributed by atoms with E-state index >= 15 is 0 Å². The molecule has 3 nitrogen and oxygen atoms in total. The lowest BCUT2D eigenvalue weighted by molar-refractivity contribution is -0.136. The second kappa shape index (κ2) is 4.53. The van der Waals surface area contributed by atoms with E-state index in [9.17, 15) is 4.39 Å². The Balaban J connectivity index is 2.46. The van der Waals surface area contributed by atoms with Crippen LogP contribution in [-0.2, 0) is 10.4 Å². The molecule has 1 fully saturated rings. The van der Waals surface area contributed by atoms with Crippen LogP contribution in [0.1, 0.15) is 18.1 Å². The zero-order chi connectivity index (χ0) is 13.3. The van der Waals surface area contributed by atoms with Gasteiger partial charge in [0.15, 0.2) is 5.67 Å². The Labute approximate surface area is 106 Å². The predicted octanol–water partition coefficient (Wildman–Crippen LogP) is 2.87. The van der Waals surface area contributed by atoms with Gasteiger partial charge in [-0.2, -0.15) is 0 Å². The number of ether oxygens (including phenoxy) is 2. The third-order valence-electron chi connectivity index (χ3n) is 3.05. The fourth-order valence-electron chi connectivity index (χ4n) is 1.78. The van der Waals surface area contributed by atoms with E-state index in [1.54, 1.807) is 12.3 Å². The molecule has 1 aliphatic rings. The van der Waals surface area contributed by atoms with Crippen LogP contribution in [0.5, 0.6) is 5.88 Å². The molecule has 2 rings (SSSR count). The largest absolute Gasteiger partial charge is 0.481 e. The normalized spacial score (nSPS) is 16.8. The summed E-state index contributed by atoms with van der Waals surface area (Å²) in [6.07, 6.45) is 1.61. The molecule has 96 valence electrons. The van der Waals surface area contributed by atoms with Gasteiger partial charge in [-0.15, -0.1) is 0 Å². The lowest BCUT2D eigenvalue weighted by Gasteiger charge is -2.34. The van der Waals surface area contributed by atoms with Crippen LogP contribution in [0.25, 0.3) is 5.57 Å². The summed E-state index contributed by atoms with van der Waals surface area (Å²) in [6, 6.07) is 1.71. The van der Waals surface area contributed by atoms with Gasteiger partial charge in [0, 0.05) is 11.8 Å². The molecule has 1 aliphatic heterocycles. The van der Waals surface area contributed by atoms with Crippen LogP contribution < -0.4 is 4.74 Å². The highest BCUT2D eigenvalue weighted by atomic mass is 19.1. The van der Waals surface area contributed by atoms with Crippen LogP contribution in [0, 0.1) is 0 Å². The topological polar surface area (TPSA) is 31.4 Å². The Morgan fingerprint density at radius 1 is 1.50 bits per heavy atom. The van der Waals surface area contributed by atoms with Crippen LogP contribution in [-0.4, -0.2) is 25.3 Å². The number of allylic oxidation sites excluding steroid dienone is 2. The summed E-state index contributed by atoms with van der Waals surface area (Å²) in [4.78, 5) is 4.13.